The van der Waals surface area contributed by atoms with Gasteiger partial charge in [0.05, 0.1) is 0 Å². The number of hydrogen-bond acceptors (Lipinski definition) is 4. The number of amides is 1. The van der Waals surface area contributed by atoms with E-state index in [9.17, 15) is 4.79 Å². The van der Waals surface area contributed by atoms with Crippen LogP contribution in [0.4, 0.5) is 0 Å². The number of carbonyl (C=O) groups is 1. The summed E-state index contributed by atoms with van der Waals surface area (Å²) in [5.41, 5.74) is 5.08. The third-order valence-electron chi connectivity index (χ3n) is 4.86. The Bertz CT molecular complexity index is 394. The molecule has 4 N–H and O–H groups in total. The van der Waals surface area contributed by atoms with Crippen molar-refractivity contribution in [2.24, 2.45) is 16.3 Å². The van der Waals surface area contributed by atoms with E-state index < -0.39 is 5.41 Å². The summed E-state index contributed by atoms with van der Waals surface area (Å²) in [4.78, 5) is 12.8. The minimum absolute atomic E-state index is 0.0374. The van der Waals surface area contributed by atoms with Gasteiger partial charge in [-0.05, 0) is 37.9 Å². The quantitative estimate of drug-likeness (QED) is 0.315. The SMILES string of the molecule is CCSC1CCC(NC(=O)C2(C(N)=NO)CCCCC2)C1. The molecule has 2 rings (SSSR count). The summed E-state index contributed by atoms with van der Waals surface area (Å²) in [7, 11) is 0. The molecular formula is C15H27N3O2S. The van der Waals surface area contributed by atoms with E-state index in [1.165, 1.54) is 6.42 Å². The van der Waals surface area contributed by atoms with Crippen molar-refractivity contribution in [1.82, 2.24) is 5.32 Å². The molecule has 21 heavy (non-hydrogen) atoms. The van der Waals surface area contributed by atoms with Crippen molar-refractivity contribution in [2.75, 3.05) is 5.75 Å². The summed E-state index contributed by atoms with van der Waals surface area (Å²) in [5, 5.41) is 16.0. The fourth-order valence-electron chi connectivity index (χ4n) is 3.63. The molecule has 0 aliphatic heterocycles. The second-order valence-corrected chi connectivity index (χ2v) is 7.77. The number of nitrogens with zero attached hydrogens (tertiary/aromatic N) is 1. The van der Waals surface area contributed by atoms with Crippen LogP contribution in [0.5, 0.6) is 0 Å². The Kier molecular flexibility index (Phi) is 5.79. The maximum Gasteiger partial charge on any atom is 0.234 e. The summed E-state index contributed by atoms with van der Waals surface area (Å²) in [6, 6.07) is 0.242. The predicted octanol–water partition coefficient (Wildman–Crippen LogP) is 2.47. The number of nitrogens with two attached hydrogens (primary N) is 1. The van der Waals surface area contributed by atoms with Crippen LogP contribution in [0.15, 0.2) is 5.16 Å². The van der Waals surface area contributed by atoms with E-state index in [4.69, 9.17) is 10.9 Å². The molecule has 0 aromatic heterocycles. The summed E-state index contributed by atoms with van der Waals surface area (Å²) in [5.74, 6) is 1.17. The molecule has 2 unspecified atom stereocenters. The number of hydrogen-bond donors (Lipinski definition) is 3. The molecule has 2 atom stereocenters. The summed E-state index contributed by atoms with van der Waals surface area (Å²) < 4.78 is 0. The highest BCUT2D eigenvalue weighted by molar-refractivity contribution is 7.99. The van der Waals surface area contributed by atoms with Crippen molar-refractivity contribution in [3.05, 3.63) is 0 Å². The first-order valence-corrected chi connectivity index (χ1v) is 9.08. The molecule has 0 heterocycles. The first-order chi connectivity index (χ1) is 10.1. The molecule has 2 fully saturated rings. The molecule has 0 saturated heterocycles. The van der Waals surface area contributed by atoms with Gasteiger partial charge in [0, 0.05) is 11.3 Å². The number of nitrogens with one attached hydrogen (secondary N) is 1. The molecule has 120 valence electrons. The lowest BCUT2D eigenvalue weighted by Crippen LogP contribution is -2.53. The summed E-state index contributed by atoms with van der Waals surface area (Å²) in [6.07, 6.45) is 7.66. The molecule has 0 aromatic carbocycles. The Morgan fingerprint density at radius 1 is 1.38 bits per heavy atom. The molecule has 1 amide bonds. The molecule has 0 spiro atoms. The van der Waals surface area contributed by atoms with Crippen LogP contribution in [0.1, 0.15) is 58.3 Å². The molecule has 0 aromatic rings. The van der Waals surface area contributed by atoms with Crippen molar-refractivity contribution >= 4 is 23.5 Å². The van der Waals surface area contributed by atoms with Crippen LogP contribution < -0.4 is 11.1 Å². The molecule has 2 aliphatic rings. The highest BCUT2D eigenvalue weighted by Gasteiger charge is 2.44. The van der Waals surface area contributed by atoms with Crippen molar-refractivity contribution < 1.29 is 10.0 Å². The zero-order valence-electron chi connectivity index (χ0n) is 12.8. The van der Waals surface area contributed by atoms with Gasteiger partial charge in [0.2, 0.25) is 5.91 Å². The van der Waals surface area contributed by atoms with Crippen LogP contribution in [0, 0.1) is 5.41 Å². The highest BCUT2D eigenvalue weighted by Crippen LogP contribution is 2.38. The fraction of sp³-hybridized carbons (Fsp3) is 0.867. The molecule has 5 nitrogen and oxygen atoms in total. The average molecular weight is 313 g/mol. The standard InChI is InChI=1S/C15H27N3O2S/c1-2-21-12-7-6-11(10-12)17-14(19)15(13(16)18-20)8-4-3-5-9-15/h11-12,20H,2-10H2,1H3,(H2,16,18)(H,17,19). The van der Waals surface area contributed by atoms with Gasteiger partial charge < -0.3 is 16.3 Å². The van der Waals surface area contributed by atoms with Crippen LogP contribution in [0.25, 0.3) is 0 Å². The number of carbonyl (C=O) groups excluding carboxylic acids is 1. The maximum absolute atomic E-state index is 12.8. The first kappa shape index (κ1) is 16.5. The molecule has 0 bridgehead atoms. The van der Waals surface area contributed by atoms with E-state index in [-0.39, 0.29) is 17.8 Å². The van der Waals surface area contributed by atoms with Crippen molar-refractivity contribution in [3.63, 3.8) is 0 Å². The second-order valence-electron chi connectivity index (χ2n) is 6.19. The molecule has 2 aliphatic carbocycles. The van der Waals surface area contributed by atoms with Gasteiger partial charge in [0.15, 0.2) is 5.84 Å². The van der Waals surface area contributed by atoms with Gasteiger partial charge in [-0.3, -0.25) is 4.79 Å². The Morgan fingerprint density at radius 2 is 2.10 bits per heavy atom. The Balaban J connectivity index is 1.99. The lowest BCUT2D eigenvalue weighted by Gasteiger charge is -2.35. The molecule has 6 heteroatoms. The van der Waals surface area contributed by atoms with Crippen molar-refractivity contribution in [2.45, 2.75) is 69.6 Å². The number of rotatable bonds is 5. The molecule has 0 radical (unpaired) electrons. The number of thioether (sulfide) groups is 1. The van der Waals surface area contributed by atoms with Crippen molar-refractivity contribution in [3.8, 4) is 0 Å². The number of oxime groups is 1. The molecule has 2 saturated carbocycles. The van der Waals surface area contributed by atoms with Crippen LogP contribution in [0.3, 0.4) is 0 Å². The predicted molar refractivity (Wildman–Crippen MR) is 86.6 cm³/mol. The van der Waals surface area contributed by atoms with Gasteiger partial charge >= 0.3 is 0 Å². The van der Waals surface area contributed by atoms with E-state index in [1.807, 2.05) is 11.8 Å². The van der Waals surface area contributed by atoms with E-state index in [0.717, 1.165) is 37.9 Å². The van der Waals surface area contributed by atoms with E-state index in [1.54, 1.807) is 0 Å². The van der Waals surface area contributed by atoms with E-state index in [2.05, 4.69) is 17.4 Å². The van der Waals surface area contributed by atoms with Crippen LogP contribution >= 0.6 is 11.8 Å². The minimum atomic E-state index is -0.789. The average Bonchev–Trinajstić information content (AvgIpc) is 2.94. The van der Waals surface area contributed by atoms with Gasteiger partial charge in [-0.15, -0.1) is 0 Å². The zero-order valence-corrected chi connectivity index (χ0v) is 13.6. The largest absolute Gasteiger partial charge is 0.409 e. The van der Waals surface area contributed by atoms with Crippen LogP contribution in [-0.4, -0.2) is 34.0 Å². The number of amidine groups is 1. The highest BCUT2D eigenvalue weighted by atomic mass is 32.2. The zero-order chi connectivity index (χ0) is 15.3. The smallest absolute Gasteiger partial charge is 0.234 e. The van der Waals surface area contributed by atoms with Gasteiger partial charge in [-0.2, -0.15) is 11.8 Å². The van der Waals surface area contributed by atoms with Gasteiger partial charge in [-0.1, -0.05) is 31.3 Å². The minimum Gasteiger partial charge on any atom is -0.409 e. The fourth-order valence-corrected chi connectivity index (χ4v) is 4.77. The molecular weight excluding hydrogens is 286 g/mol. The third-order valence-corrected chi connectivity index (χ3v) is 6.09. The Hall–Kier alpha value is -0.910. The van der Waals surface area contributed by atoms with Crippen LogP contribution in [0.2, 0.25) is 0 Å². The topological polar surface area (TPSA) is 87.7 Å². The first-order valence-electron chi connectivity index (χ1n) is 8.03. The lowest BCUT2D eigenvalue weighted by atomic mass is 9.72. The Labute approximate surface area is 131 Å². The monoisotopic (exact) mass is 313 g/mol. The van der Waals surface area contributed by atoms with Crippen LogP contribution in [-0.2, 0) is 4.79 Å². The van der Waals surface area contributed by atoms with Gasteiger partial charge in [0.25, 0.3) is 0 Å². The van der Waals surface area contributed by atoms with E-state index in [0.29, 0.717) is 18.1 Å². The normalized spacial score (nSPS) is 29.3. The van der Waals surface area contributed by atoms with Gasteiger partial charge in [-0.25, -0.2) is 0 Å². The van der Waals surface area contributed by atoms with Gasteiger partial charge in [0.1, 0.15) is 5.41 Å². The third kappa shape index (κ3) is 3.65. The lowest BCUT2D eigenvalue weighted by molar-refractivity contribution is -0.129. The summed E-state index contributed by atoms with van der Waals surface area (Å²) >= 11 is 1.98. The second kappa shape index (κ2) is 7.38. The Morgan fingerprint density at radius 3 is 2.71 bits per heavy atom. The summed E-state index contributed by atoms with van der Waals surface area (Å²) in [6.45, 7) is 2.17. The maximum atomic E-state index is 12.8. The van der Waals surface area contributed by atoms with E-state index >= 15 is 0 Å². The van der Waals surface area contributed by atoms with Crippen molar-refractivity contribution in [1.29, 1.82) is 0 Å².